The van der Waals surface area contributed by atoms with Crippen LogP contribution in [0, 0.1) is 5.82 Å². The first-order valence-electron chi connectivity index (χ1n) is 9.08. The van der Waals surface area contributed by atoms with Crippen LogP contribution in [-0.2, 0) is 19.6 Å². The second-order valence-corrected chi connectivity index (χ2v) is 6.64. The summed E-state index contributed by atoms with van der Waals surface area (Å²) in [6.45, 7) is 1.24. The molecule has 5 nitrogen and oxygen atoms in total. The van der Waals surface area contributed by atoms with Gasteiger partial charge in [-0.05, 0) is 44.3 Å². The highest BCUT2D eigenvalue weighted by Gasteiger charge is 2.35. The fourth-order valence-corrected chi connectivity index (χ4v) is 3.51. The van der Waals surface area contributed by atoms with E-state index in [0.29, 0.717) is 0 Å². The maximum absolute atomic E-state index is 13.2. The lowest BCUT2D eigenvalue weighted by molar-refractivity contribution is -0.138. The van der Waals surface area contributed by atoms with E-state index < -0.39 is 57.9 Å². The molecule has 0 amide bonds. The van der Waals surface area contributed by atoms with E-state index >= 15 is 0 Å². The second-order valence-electron chi connectivity index (χ2n) is 4.47. The monoisotopic (exact) mass is 366 g/mol. The van der Waals surface area contributed by atoms with Gasteiger partial charge in [0.15, 0.2) is 0 Å². The molecule has 1 aliphatic rings. The number of nitrogens with one attached hydrogen (secondary N) is 1. The standard InChI is InChI=1S/C15H17ClFNO4S/c1-2-22-15(19)11-5-3-4-6-14(11)23(20,21)18-13-8-7-10(17)9-12(13)16/h5,7-9,14,18H,2-4,6H2,1H3/i3D2,5D,6D2. The van der Waals surface area contributed by atoms with E-state index in [1.165, 1.54) is 6.92 Å². The van der Waals surface area contributed by atoms with Crippen molar-refractivity contribution in [2.75, 3.05) is 11.3 Å². The van der Waals surface area contributed by atoms with Crippen molar-refractivity contribution >= 4 is 33.3 Å². The predicted molar refractivity (Wildman–Crippen MR) is 86.3 cm³/mol. The molecule has 1 aromatic carbocycles. The molecule has 0 bridgehead atoms. The average Bonchev–Trinajstić information content (AvgIpc) is 2.52. The molecule has 23 heavy (non-hydrogen) atoms. The lowest BCUT2D eigenvalue weighted by Crippen LogP contribution is -2.34. The largest absolute Gasteiger partial charge is 0.463 e. The minimum atomic E-state index is -4.75. The molecule has 0 saturated carbocycles. The number of esters is 1. The van der Waals surface area contributed by atoms with E-state index in [4.69, 9.17) is 23.2 Å². The van der Waals surface area contributed by atoms with Crippen LogP contribution in [0.2, 0.25) is 5.02 Å². The number of hydrogen-bond donors (Lipinski definition) is 1. The van der Waals surface area contributed by atoms with E-state index in [1.54, 1.807) is 0 Å². The first-order chi connectivity index (χ1) is 12.7. The summed E-state index contributed by atoms with van der Waals surface area (Å²) in [5, 5.41) is -2.54. The van der Waals surface area contributed by atoms with Crippen molar-refractivity contribution in [2.24, 2.45) is 0 Å². The minimum absolute atomic E-state index is 0.189. The Balaban J connectivity index is 2.62. The lowest BCUT2D eigenvalue weighted by atomic mass is 9.99. The molecular formula is C15H17ClFNO4S. The lowest BCUT2D eigenvalue weighted by Gasteiger charge is -2.24. The average molecular weight is 367 g/mol. The van der Waals surface area contributed by atoms with Crippen LogP contribution in [0.5, 0.6) is 0 Å². The predicted octanol–water partition coefficient (Wildman–Crippen LogP) is 3.26. The quantitative estimate of drug-likeness (QED) is 0.812. The van der Waals surface area contributed by atoms with Crippen molar-refractivity contribution in [1.82, 2.24) is 0 Å². The minimum Gasteiger partial charge on any atom is -0.463 e. The summed E-state index contributed by atoms with van der Waals surface area (Å²) in [5.41, 5.74) is -1.20. The highest BCUT2D eigenvalue weighted by molar-refractivity contribution is 7.93. The van der Waals surface area contributed by atoms with Crippen molar-refractivity contribution in [3.05, 3.63) is 40.7 Å². The fourth-order valence-electron chi connectivity index (χ4n) is 1.87. The number of hydrogen-bond acceptors (Lipinski definition) is 4. The first kappa shape index (κ1) is 11.9. The molecule has 1 atom stereocenters. The van der Waals surface area contributed by atoms with Crippen molar-refractivity contribution in [2.45, 2.75) is 31.3 Å². The molecule has 0 spiro atoms. The van der Waals surface area contributed by atoms with Crippen LogP contribution >= 0.6 is 11.6 Å². The van der Waals surface area contributed by atoms with Crippen molar-refractivity contribution in [3.63, 3.8) is 0 Å². The molecule has 0 radical (unpaired) electrons. The summed E-state index contributed by atoms with van der Waals surface area (Å²) in [4.78, 5) is 12.3. The second kappa shape index (κ2) is 7.31. The Kier molecular flexibility index (Phi) is 3.77. The van der Waals surface area contributed by atoms with Gasteiger partial charge in [-0.25, -0.2) is 17.6 Å². The SMILES string of the molecule is [2H]C1=C(C(=O)OCC)C(S(=O)(=O)Nc2ccc(F)cc2Cl)C([2H])([2H])CC1([2H])[2H]. The van der Waals surface area contributed by atoms with Crippen LogP contribution < -0.4 is 4.72 Å². The summed E-state index contributed by atoms with van der Waals surface area (Å²) in [6, 6.07) is 1.81. The molecule has 0 aliphatic heterocycles. The number of halogens is 2. The number of ether oxygens (including phenoxy) is 1. The van der Waals surface area contributed by atoms with Crippen LogP contribution in [0.15, 0.2) is 29.8 Å². The molecule has 2 rings (SSSR count). The van der Waals surface area contributed by atoms with Gasteiger partial charge >= 0.3 is 5.97 Å². The molecule has 1 unspecified atom stereocenters. The molecule has 1 aliphatic carbocycles. The third-order valence-corrected chi connectivity index (χ3v) is 4.69. The van der Waals surface area contributed by atoms with Gasteiger partial charge in [-0.1, -0.05) is 17.7 Å². The fraction of sp³-hybridized carbons (Fsp3) is 0.400. The zero-order chi connectivity index (χ0) is 21.5. The van der Waals surface area contributed by atoms with Crippen molar-refractivity contribution in [3.8, 4) is 0 Å². The van der Waals surface area contributed by atoms with E-state index in [0.717, 1.165) is 18.2 Å². The first-order valence-corrected chi connectivity index (χ1v) is 8.50. The Labute approximate surface area is 146 Å². The highest BCUT2D eigenvalue weighted by atomic mass is 35.5. The van der Waals surface area contributed by atoms with Crippen LogP contribution in [0.1, 0.15) is 32.9 Å². The van der Waals surface area contributed by atoms with E-state index in [2.05, 4.69) is 0 Å². The number of anilines is 1. The number of carbonyl (C=O) groups is 1. The topological polar surface area (TPSA) is 72.5 Å². The van der Waals surface area contributed by atoms with E-state index in [9.17, 15) is 17.6 Å². The zero-order valence-electron chi connectivity index (χ0n) is 17.0. The van der Waals surface area contributed by atoms with Gasteiger partial charge in [0.05, 0.1) is 24.3 Å². The maximum atomic E-state index is 13.2. The Morgan fingerprint density at radius 3 is 3.00 bits per heavy atom. The smallest absolute Gasteiger partial charge is 0.335 e. The Morgan fingerprint density at radius 2 is 2.35 bits per heavy atom. The van der Waals surface area contributed by atoms with Gasteiger partial charge in [-0.15, -0.1) is 0 Å². The molecule has 0 saturated heterocycles. The van der Waals surface area contributed by atoms with Gasteiger partial charge in [0.2, 0.25) is 10.0 Å². The van der Waals surface area contributed by atoms with Gasteiger partial charge in [-0.2, -0.15) is 0 Å². The molecule has 0 aromatic heterocycles. The number of sulfonamides is 1. The number of allylic oxidation sites excluding steroid dienone is 1. The number of benzene rings is 1. The summed E-state index contributed by atoms with van der Waals surface area (Å²) in [7, 11) is -4.75. The van der Waals surface area contributed by atoms with Crippen LogP contribution in [0.4, 0.5) is 10.1 Å². The zero-order valence-corrected chi connectivity index (χ0v) is 13.6. The van der Waals surface area contributed by atoms with Crippen LogP contribution in [0.3, 0.4) is 0 Å². The summed E-state index contributed by atoms with van der Waals surface area (Å²) in [5.74, 6) is -2.03. The molecule has 1 aromatic rings. The third kappa shape index (κ3) is 4.23. The van der Waals surface area contributed by atoms with Crippen molar-refractivity contribution < 1.29 is 29.2 Å². The Hall–Kier alpha value is -1.60. The van der Waals surface area contributed by atoms with Gasteiger partial charge in [0.1, 0.15) is 11.1 Å². The molecule has 1 N–H and O–H groups in total. The Morgan fingerprint density at radius 1 is 1.61 bits per heavy atom. The van der Waals surface area contributed by atoms with Gasteiger partial charge in [-0.3, -0.25) is 4.72 Å². The molecule has 0 heterocycles. The third-order valence-electron chi connectivity index (χ3n) is 2.85. The number of rotatable bonds is 5. The van der Waals surface area contributed by atoms with Gasteiger partial charge < -0.3 is 4.74 Å². The summed E-state index contributed by atoms with van der Waals surface area (Å²) >= 11 is 5.81. The van der Waals surface area contributed by atoms with Gasteiger partial charge in [0.25, 0.3) is 0 Å². The van der Waals surface area contributed by atoms with Crippen LogP contribution in [0.25, 0.3) is 0 Å². The van der Waals surface area contributed by atoms with Gasteiger partial charge in [0, 0.05) is 5.48 Å². The normalized spacial score (nSPS) is 26.2. The van der Waals surface area contributed by atoms with Crippen molar-refractivity contribution in [1.29, 1.82) is 0 Å². The number of carbonyl (C=O) groups excluding carboxylic acids is 1. The molecule has 126 valence electrons. The molecular weight excluding hydrogens is 345 g/mol. The van der Waals surface area contributed by atoms with Crippen LogP contribution in [-0.4, -0.2) is 26.2 Å². The summed E-state index contributed by atoms with van der Waals surface area (Å²) < 4.78 is 85.5. The van der Waals surface area contributed by atoms with E-state index in [1.807, 2.05) is 4.72 Å². The highest BCUT2D eigenvalue weighted by Crippen LogP contribution is 2.30. The molecule has 8 heteroatoms. The summed E-state index contributed by atoms with van der Waals surface area (Å²) in [6.07, 6.45) is -6.30. The Bertz CT molecular complexity index is 938. The maximum Gasteiger partial charge on any atom is 0.335 e. The molecule has 0 fully saturated rings. The van der Waals surface area contributed by atoms with E-state index in [-0.39, 0.29) is 17.3 Å².